The molecule has 2 heterocycles. The van der Waals surface area contributed by atoms with Gasteiger partial charge in [0.05, 0.1) is 24.2 Å². The molecule has 2 aromatic carbocycles. The maximum atomic E-state index is 12.8. The number of nitrogens with two attached hydrogens (primary N) is 1. The highest BCUT2D eigenvalue weighted by molar-refractivity contribution is 6.08. The molecule has 4 aromatic rings. The van der Waals surface area contributed by atoms with E-state index < -0.39 is 5.97 Å². The van der Waals surface area contributed by atoms with Crippen molar-refractivity contribution >= 4 is 34.0 Å². The first-order valence-corrected chi connectivity index (χ1v) is 9.71. The van der Waals surface area contributed by atoms with Crippen LogP contribution in [0.3, 0.4) is 0 Å². The fourth-order valence-corrected chi connectivity index (χ4v) is 3.27. The maximum Gasteiger partial charge on any atom is 0.344 e. The molecular formula is C23H24N4O2. The van der Waals surface area contributed by atoms with Crippen LogP contribution in [0.5, 0.6) is 0 Å². The second-order valence-corrected chi connectivity index (χ2v) is 7.71. The summed E-state index contributed by atoms with van der Waals surface area (Å²) in [5.74, 6) is 0.0890. The van der Waals surface area contributed by atoms with Gasteiger partial charge in [-0.15, -0.1) is 0 Å². The van der Waals surface area contributed by atoms with Gasteiger partial charge in [-0.3, -0.25) is 0 Å². The van der Waals surface area contributed by atoms with Crippen molar-refractivity contribution in [2.45, 2.75) is 27.3 Å². The summed E-state index contributed by atoms with van der Waals surface area (Å²) in [5.41, 5.74) is 11.5. The Kier molecular flexibility index (Phi) is 4.92. The first kappa shape index (κ1) is 18.9. The van der Waals surface area contributed by atoms with Gasteiger partial charge in [0.2, 0.25) is 0 Å². The van der Waals surface area contributed by atoms with Crippen LogP contribution in [0.15, 0.2) is 48.5 Å². The van der Waals surface area contributed by atoms with Crippen LogP contribution in [-0.4, -0.2) is 27.1 Å². The number of aromatic nitrogens is 3. The minimum atomic E-state index is -0.464. The standard InChI is InChI=1S/C23H24N4O2/c1-14(2)13-29-23(28)19-20-22(26-18-7-5-4-6-17(18)25-20)27(21(19)24)12-16-10-8-15(3)9-11-16/h4-11,14H,12-13,24H2,1-3H3. The fourth-order valence-electron chi connectivity index (χ4n) is 3.27. The summed E-state index contributed by atoms with van der Waals surface area (Å²) in [6.45, 7) is 6.84. The highest BCUT2D eigenvalue weighted by Gasteiger charge is 2.25. The zero-order chi connectivity index (χ0) is 20.5. The van der Waals surface area contributed by atoms with Crippen LogP contribution in [0, 0.1) is 12.8 Å². The third-order valence-corrected chi connectivity index (χ3v) is 4.80. The Hall–Kier alpha value is -3.41. The van der Waals surface area contributed by atoms with Crippen molar-refractivity contribution in [1.82, 2.24) is 14.5 Å². The molecule has 6 nitrogen and oxygen atoms in total. The average Bonchev–Trinajstić information content (AvgIpc) is 2.97. The molecule has 0 bridgehead atoms. The van der Waals surface area contributed by atoms with Crippen molar-refractivity contribution in [3.8, 4) is 0 Å². The Morgan fingerprint density at radius 3 is 2.38 bits per heavy atom. The Bertz CT molecular complexity index is 1190. The summed E-state index contributed by atoms with van der Waals surface area (Å²) < 4.78 is 7.31. The number of hydrogen-bond donors (Lipinski definition) is 1. The summed E-state index contributed by atoms with van der Waals surface area (Å²) in [5, 5.41) is 0. The quantitative estimate of drug-likeness (QED) is 0.514. The minimum Gasteiger partial charge on any atom is -0.462 e. The van der Waals surface area contributed by atoms with Gasteiger partial charge in [0.25, 0.3) is 0 Å². The molecule has 0 aliphatic heterocycles. The number of carbonyl (C=O) groups excluding carboxylic acids is 1. The molecule has 0 fully saturated rings. The van der Waals surface area contributed by atoms with Crippen LogP contribution < -0.4 is 5.73 Å². The summed E-state index contributed by atoms with van der Waals surface area (Å²) in [7, 11) is 0. The van der Waals surface area contributed by atoms with E-state index in [2.05, 4.69) is 12.1 Å². The van der Waals surface area contributed by atoms with Crippen LogP contribution in [-0.2, 0) is 11.3 Å². The van der Waals surface area contributed by atoms with Gasteiger partial charge in [0.1, 0.15) is 16.9 Å². The molecule has 148 valence electrons. The van der Waals surface area contributed by atoms with E-state index in [0.717, 1.165) is 11.1 Å². The first-order chi connectivity index (χ1) is 13.9. The highest BCUT2D eigenvalue weighted by atomic mass is 16.5. The molecule has 2 N–H and O–H groups in total. The molecule has 0 amide bonds. The molecule has 0 aliphatic carbocycles. The summed E-state index contributed by atoms with van der Waals surface area (Å²) in [4.78, 5) is 22.3. The number of rotatable bonds is 5. The number of ether oxygens (including phenoxy) is 1. The summed E-state index contributed by atoms with van der Waals surface area (Å²) in [6, 6.07) is 15.8. The van der Waals surface area contributed by atoms with Crippen LogP contribution in [0.25, 0.3) is 22.2 Å². The van der Waals surface area contributed by atoms with Crippen molar-refractivity contribution in [2.75, 3.05) is 12.3 Å². The summed E-state index contributed by atoms with van der Waals surface area (Å²) >= 11 is 0. The normalized spacial score (nSPS) is 11.4. The van der Waals surface area contributed by atoms with Crippen LogP contribution in [0.2, 0.25) is 0 Å². The van der Waals surface area contributed by atoms with E-state index in [1.807, 2.05) is 61.7 Å². The molecule has 0 aliphatic rings. The molecule has 6 heteroatoms. The number of nitrogens with zero attached hydrogens (tertiary/aromatic N) is 3. The molecule has 0 unspecified atom stereocenters. The van der Waals surface area contributed by atoms with E-state index in [1.165, 1.54) is 5.56 Å². The van der Waals surface area contributed by atoms with E-state index >= 15 is 0 Å². The Labute approximate surface area is 169 Å². The molecule has 0 saturated carbocycles. The SMILES string of the molecule is Cc1ccc(Cn2c(N)c(C(=O)OCC(C)C)c3nc4ccccc4nc32)cc1. The lowest BCUT2D eigenvalue weighted by Gasteiger charge is -2.09. The predicted molar refractivity (Wildman–Crippen MR) is 115 cm³/mol. The Morgan fingerprint density at radius 2 is 1.72 bits per heavy atom. The molecule has 2 aromatic heterocycles. The fraction of sp³-hybridized carbons (Fsp3) is 0.261. The number of nitrogen functional groups attached to an aromatic ring is 1. The number of fused-ring (bicyclic) bond motifs is 2. The molecule has 29 heavy (non-hydrogen) atoms. The van der Waals surface area contributed by atoms with Crippen LogP contribution >= 0.6 is 0 Å². The second kappa shape index (κ2) is 7.54. The third-order valence-electron chi connectivity index (χ3n) is 4.80. The van der Waals surface area contributed by atoms with Crippen molar-refractivity contribution in [3.05, 3.63) is 65.2 Å². The summed E-state index contributed by atoms with van der Waals surface area (Å²) in [6.07, 6.45) is 0. The monoisotopic (exact) mass is 388 g/mol. The first-order valence-electron chi connectivity index (χ1n) is 9.71. The van der Waals surface area contributed by atoms with Gasteiger partial charge in [-0.1, -0.05) is 55.8 Å². The zero-order valence-corrected chi connectivity index (χ0v) is 16.8. The van der Waals surface area contributed by atoms with Gasteiger partial charge in [-0.2, -0.15) is 0 Å². The zero-order valence-electron chi connectivity index (χ0n) is 16.8. The lowest BCUT2D eigenvalue weighted by Crippen LogP contribution is -2.13. The van der Waals surface area contributed by atoms with E-state index in [0.29, 0.717) is 35.7 Å². The van der Waals surface area contributed by atoms with Gasteiger partial charge in [-0.25, -0.2) is 14.8 Å². The smallest absolute Gasteiger partial charge is 0.344 e. The number of aryl methyl sites for hydroxylation is 1. The van der Waals surface area contributed by atoms with E-state index in [-0.39, 0.29) is 11.5 Å². The number of hydrogen-bond acceptors (Lipinski definition) is 5. The van der Waals surface area contributed by atoms with Gasteiger partial charge >= 0.3 is 5.97 Å². The van der Waals surface area contributed by atoms with E-state index in [9.17, 15) is 4.79 Å². The number of benzene rings is 2. The molecular weight excluding hydrogens is 364 g/mol. The average molecular weight is 388 g/mol. The molecule has 0 radical (unpaired) electrons. The number of anilines is 1. The number of carbonyl (C=O) groups is 1. The molecule has 0 spiro atoms. The third kappa shape index (κ3) is 3.66. The lowest BCUT2D eigenvalue weighted by atomic mass is 10.1. The van der Waals surface area contributed by atoms with E-state index in [4.69, 9.17) is 20.4 Å². The van der Waals surface area contributed by atoms with Crippen molar-refractivity contribution in [1.29, 1.82) is 0 Å². The van der Waals surface area contributed by atoms with Crippen molar-refractivity contribution in [3.63, 3.8) is 0 Å². The van der Waals surface area contributed by atoms with Crippen molar-refractivity contribution < 1.29 is 9.53 Å². The largest absolute Gasteiger partial charge is 0.462 e. The Balaban J connectivity index is 1.89. The maximum absolute atomic E-state index is 12.8. The second-order valence-electron chi connectivity index (χ2n) is 7.71. The van der Waals surface area contributed by atoms with Gasteiger partial charge in [0, 0.05) is 0 Å². The molecule has 4 rings (SSSR count). The highest BCUT2D eigenvalue weighted by Crippen LogP contribution is 2.29. The Morgan fingerprint density at radius 1 is 1.07 bits per heavy atom. The van der Waals surface area contributed by atoms with Gasteiger partial charge in [0.15, 0.2) is 5.65 Å². The minimum absolute atomic E-state index is 0.230. The topological polar surface area (TPSA) is 83.0 Å². The molecule has 0 atom stereocenters. The predicted octanol–water partition coefficient (Wildman–Crippen LogP) is 4.34. The number of esters is 1. The van der Waals surface area contributed by atoms with Crippen LogP contribution in [0.1, 0.15) is 35.3 Å². The molecule has 0 saturated heterocycles. The van der Waals surface area contributed by atoms with Gasteiger partial charge < -0.3 is 15.0 Å². The lowest BCUT2D eigenvalue weighted by molar-refractivity contribution is 0.0462. The van der Waals surface area contributed by atoms with Gasteiger partial charge in [-0.05, 0) is 30.5 Å². The number of para-hydroxylation sites is 2. The van der Waals surface area contributed by atoms with Crippen LogP contribution in [0.4, 0.5) is 5.82 Å². The van der Waals surface area contributed by atoms with E-state index in [1.54, 1.807) is 0 Å². The van der Waals surface area contributed by atoms with Crippen molar-refractivity contribution in [2.24, 2.45) is 5.92 Å².